The summed E-state index contributed by atoms with van der Waals surface area (Å²) >= 11 is 0. The van der Waals surface area contributed by atoms with Crippen LogP contribution in [0.25, 0.3) is 0 Å². The number of hydrogen-bond acceptors (Lipinski definition) is 3. The van der Waals surface area contributed by atoms with Gasteiger partial charge >= 0.3 is 0 Å². The van der Waals surface area contributed by atoms with E-state index in [0.29, 0.717) is 19.0 Å². The second-order valence-corrected chi connectivity index (χ2v) is 11.1. The molecule has 2 fully saturated rings. The van der Waals surface area contributed by atoms with Crippen molar-refractivity contribution < 1.29 is 13.2 Å². The molecule has 1 heterocycles. The summed E-state index contributed by atoms with van der Waals surface area (Å²) < 4.78 is 28.4. The van der Waals surface area contributed by atoms with Crippen molar-refractivity contribution in [2.24, 2.45) is 5.92 Å². The molecule has 1 amide bonds. The van der Waals surface area contributed by atoms with Crippen LogP contribution < -0.4 is 0 Å². The molecule has 1 saturated heterocycles. The number of carbonyl (C=O) groups is 1. The molecule has 1 saturated carbocycles. The van der Waals surface area contributed by atoms with Gasteiger partial charge in [0.2, 0.25) is 15.9 Å². The first-order chi connectivity index (χ1) is 15.5. The number of carbonyl (C=O) groups excluding carboxylic acids is 1. The van der Waals surface area contributed by atoms with Gasteiger partial charge in [0.1, 0.15) is 0 Å². The minimum Gasteiger partial charge on any atom is -0.342 e. The van der Waals surface area contributed by atoms with Crippen molar-refractivity contribution >= 4 is 15.9 Å². The Hall–Kier alpha value is -2.18. The number of benzene rings is 2. The molecular formula is C26H34N2O3S. The first kappa shape index (κ1) is 23.0. The summed E-state index contributed by atoms with van der Waals surface area (Å²) in [6.07, 6.45) is 7.81. The van der Waals surface area contributed by atoms with E-state index in [2.05, 4.69) is 24.3 Å². The number of nitrogens with zero attached hydrogens (tertiary/aromatic N) is 2. The highest BCUT2D eigenvalue weighted by Gasteiger charge is 2.35. The van der Waals surface area contributed by atoms with E-state index in [-0.39, 0.29) is 23.4 Å². The third kappa shape index (κ3) is 5.59. The van der Waals surface area contributed by atoms with Gasteiger partial charge in [0, 0.05) is 19.1 Å². The molecule has 0 atom stereocenters. The van der Waals surface area contributed by atoms with E-state index in [1.165, 1.54) is 9.87 Å². The second kappa shape index (κ2) is 10.6. The van der Waals surface area contributed by atoms with Crippen LogP contribution in [-0.2, 0) is 21.2 Å². The predicted molar refractivity (Wildman–Crippen MR) is 127 cm³/mol. The third-order valence-electron chi connectivity index (χ3n) is 6.96. The molecule has 1 aliphatic carbocycles. The van der Waals surface area contributed by atoms with Gasteiger partial charge in [-0.05, 0) is 55.7 Å². The molecule has 2 aromatic rings. The highest BCUT2D eigenvalue weighted by Crippen LogP contribution is 2.28. The Morgan fingerprint density at radius 1 is 0.844 bits per heavy atom. The van der Waals surface area contributed by atoms with Crippen LogP contribution in [-0.4, -0.2) is 49.2 Å². The lowest BCUT2D eigenvalue weighted by molar-refractivity contribution is -0.133. The van der Waals surface area contributed by atoms with Gasteiger partial charge in [-0.3, -0.25) is 4.79 Å². The third-order valence-corrected chi connectivity index (χ3v) is 8.87. The van der Waals surface area contributed by atoms with Crippen molar-refractivity contribution in [3.63, 3.8) is 0 Å². The molecule has 0 spiro atoms. The van der Waals surface area contributed by atoms with E-state index in [0.717, 1.165) is 51.4 Å². The Bertz CT molecular complexity index is 965. The van der Waals surface area contributed by atoms with Gasteiger partial charge in [0.25, 0.3) is 0 Å². The number of rotatable bonds is 7. The molecule has 0 aromatic heterocycles. The molecule has 2 aliphatic rings. The molecule has 6 heteroatoms. The molecule has 1 aliphatic heterocycles. The minimum atomic E-state index is -3.70. The van der Waals surface area contributed by atoms with Crippen LogP contribution in [0.3, 0.4) is 0 Å². The van der Waals surface area contributed by atoms with Gasteiger partial charge in [-0.2, -0.15) is 4.31 Å². The van der Waals surface area contributed by atoms with Crippen LogP contribution >= 0.6 is 0 Å². The first-order valence-corrected chi connectivity index (χ1v) is 13.4. The topological polar surface area (TPSA) is 57.7 Å². The van der Waals surface area contributed by atoms with Crippen LogP contribution in [0.2, 0.25) is 0 Å². The fourth-order valence-corrected chi connectivity index (χ4v) is 6.73. The lowest BCUT2D eigenvalue weighted by Gasteiger charge is -2.36. The average molecular weight is 455 g/mol. The van der Waals surface area contributed by atoms with Crippen LogP contribution in [0.1, 0.15) is 50.5 Å². The van der Waals surface area contributed by atoms with Gasteiger partial charge in [-0.15, -0.1) is 0 Å². The zero-order valence-electron chi connectivity index (χ0n) is 18.7. The second-order valence-electron chi connectivity index (χ2n) is 9.17. The molecule has 32 heavy (non-hydrogen) atoms. The normalized spacial score (nSPS) is 18.7. The maximum atomic E-state index is 13.5. The summed E-state index contributed by atoms with van der Waals surface area (Å²) in [7, 11) is -3.70. The molecule has 2 aromatic carbocycles. The summed E-state index contributed by atoms with van der Waals surface area (Å²) in [5.41, 5.74) is 1.34. The highest BCUT2D eigenvalue weighted by atomic mass is 32.2. The predicted octanol–water partition coefficient (Wildman–Crippen LogP) is 4.49. The van der Waals surface area contributed by atoms with Crippen LogP contribution in [0, 0.1) is 5.92 Å². The lowest BCUT2D eigenvalue weighted by Crippen LogP contribution is -2.49. The Kier molecular flexibility index (Phi) is 7.63. The number of amides is 1. The molecule has 0 unspecified atom stereocenters. The van der Waals surface area contributed by atoms with Crippen LogP contribution in [0.5, 0.6) is 0 Å². The largest absolute Gasteiger partial charge is 0.342 e. The van der Waals surface area contributed by atoms with E-state index < -0.39 is 10.0 Å². The smallest absolute Gasteiger partial charge is 0.243 e. The van der Waals surface area contributed by atoms with E-state index in [1.54, 1.807) is 24.3 Å². The van der Waals surface area contributed by atoms with Crippen molar-refractivity contribution in [2.45, 2.75) is 62.3 Å². The monoisotopic (exact) mass is 454 g/mol. The zero-order chi connectivity index (χ0) is 22.4. The quantitative estimate of drug-likeness (QED) is 0.619. The van der Waals surface area contributed by atoms with Crippen LogP contribution in [0.4, 0.5) is 0 Å². The number of piperidine rings is 1. The molecule has 0 radical (unpaired) electrons. The van der Waals surface area contributed by atoms with E-state index in [4.69, 9.17) is 0 Å². The maximum absolute atomic E-state index is 13.5. The fourth-order valence-electron chi connectivity index (χ4n) is 5.07. The minimum absolute atomic E-state index is 0.0504. The van der Waals surface area contributed by atoms with Crippen molar-refractivity contribution in [3.05, 3.63) is 66.2 Å². The summed E-state index contributed by atoms with van der Waals surface area (Å²) in [6.45, 7) is 1.37. The average Bonchev–Trinajstić information content (AvgIpc) is 2.84. The zero-order valence-corrected chi connectivity index (χ0v) is 19.6. The number of hydrogen-bond donors (Lipinski definition) is 0. The molecule has 172 valence electrons. The molecule has 4 rings (SSSR count). The SMILES string of the molecule is O=C(CN(C1CCCCC1)S(=O)(=O)c1ccccc1)N1CCC(Cc2ccccc2)CC1. The van der Waals surface area contributed by atoms with E-state index in [1.807, 2.05) is 17.0 Å². The summed E-state index contributed by atoms with van der Waals surface area (Å²) in [6, 6.07) is 19.0. The lowest BCUT2D eigenvalue weighted by atomic mass is 9.90. The van der Waals surface area contributed by atoms with Crippen LogP contribution in [0.15, 0.2) is 65.6 Å². The van der Waals surface area contributed by atoms with E-state index in [9.17, 15) is 13.2 Å². The van der Waals surface area contributed by atoms with Gasteiger partial charge < -0.3 is 4.90 Å². The van der Waals surface area contributed by atoms with Gasteiger partial charge in [-0.25, -0.2) is 8.42 Å². The Morgan fingerprint density at radius 3 is 2.06 bits per heavy atom. The Labute approximate surface area is 192 Å². The van der Waals surface area contributed by atoms with Crippen molar-refractivity contribution in [1.82, 2.24) is 9.21 Å². The van der Waals surface area contributed by atoms with Gasteiger partial charge in [-0.1, -0.05) is 67.8 Å². The fraction of sp³-hybridized carbons (Fsp3) is 0.500. The molecule has 0 N–H and O–H groups in total. The Balaban J connectivity index is 1.41. The van der Waals surface area contributed by atoms with Crippen molar-refractivity contribution in [1.29, 1.82) is 0 Å². The molecule has 0 bridgehead atoms. The molecular weight excluding hydrogens is 420 g/mol. The highest BCUT2D eigenvalue weighted by molar-refractivity contribution is 7.89. The van der Waals surface area contributed by atoms with Gasteiger partial charge in [0.15, 0.2) is 0 Å². The van der Waals surface area contributed by atoms with E-state index >= 15 is 0 Å². The molecule has 5 nitrogen and oxygen atoms in total. The van der Waals surface area contributed by atoms with Crippen molar-refractivity contribution in [2.75, 3.05) is 19.6 Å². The standard InChI is InChI=1S/C26H34N2O3S/c29-26(27-18-16-23(17-19-27)20-22-10-4-1-5-11-22)21-28(24-12-6-2-7-13-24)32(30,31)25-14-8-3-9-15-25/h1,3-5,8-11,14-15,23-24H,2,6-7,12-13,16-21H2. The maximum Gasteiger partial charge on any atom is 0.243 e. The summed E-state index contributed by atoms with van der Waals surface area (Å²) in [5, 5.41) is 0. The van der Waals surface area contributed by atoms with Crippen molar-refractivity contribution in [3.8, 4) is 0 Å². The van der Waals surface area contributed by atoms with Gasteiger partial charge in [0.05, 0.1) is 11.4 Å². The summed E-state index contributed by atoms with van der Waals surface area (Å²) in [4.78, 5) is 15.4. The number of likely N-dealkylation sites (tertiary alicyclic amines) is 1. The summed E-state index contributed by atoms with van der Waals surface area (Å²) in [5.74, 6) is 0.511. The Morgan fingerprint density at radius 2 is 1.44 bits per heavy atom. The number of sulfonamides is 1. The first-order valence-electron chi connectivity index (χ1n) is 11.9.